The molecular formula is C9H9N3O. The molecule has 0 fully saturated rings. The van der Waals surface area contributed by atoms with Gasteiger partial charge in [0.05, 0.1) is 0 Å². The lowest BCUT2D eigenvalue weighted by Crippen LogP contribution is -2.19. The quantitative estimate of drug-likeness (QED) is 0.648. The minimum atomic E-state index is -0.407. The highest BCUT2D eigenvalue weighted by Gasteiger charge is 2.15. The van der Waals surface area contributed by atoms with Crippen LogP contribution in [0.4, 0.5) is 5.82 Å². The second kappa shape index (κ2) is 2.90. The van der Waals surface area contributed by atoms with E-state index >= 15 is 0 Å². The van der Waals surface area contributed by atoms with Crippen LogP contribution in [0.3, 0.4) is 0 Å². The Morgan fingerprint density at radius 1 is 1.62 bits per heavy atom. The van der Waals surface area contributed by atoms with Crippen LogP contribution < -0.4 is 11.1 Å². The van der Waals surface area contributed by atoms with Crippen LogP contribution in [0, 0.1) is 0 Å². The van der Waals surface area contributed by atoms with Crippen molar-refractivity contribution in [2.45, 2.75) is 0 Å². The number of nitrogens with two attached hydrogens (primary N) is 1. The number of primary amides is 1. The average molecular weight is 175 g/mol. The molecule has 0 atom stereocenters. The smallest absolute Gasteiger partial charge is 0.249 e. The Kier molecular flexibility index (Phi) is 1.73. The van der Waals surface area contributed by atoms with Gasteiger partial charge in [0.25, 0.3) is 0 Å². The van der Waals surface area contributed by atoms with Crippen LogP contribution in [-0.2, 0) is 4.79 Å². The molecular weight excluding hydrogens is 166 g/mol. The number of nitrogens with zero attached hydrogens (tertiary/aromatic N) is 1. The number of aromatic nitrogens is 1. The summed E-state index contributed by atoms with van der Waals surface area (Å²) in [6.45, 7) is 0.599. The van der Waals surface area contributed by atoms with Gasteiger partial charge in [0.15, 0.2) is 0 Å². The van der Waals surface area contributed by atoms with E-state index in [1.807, 2.05) is 6.07 Å². The molecule has 0 spiro atoms. The Hall–Kier alpha value is -1.84. The van der Waals surface area contributed by atoms with E-state index in [1.54, 1.807) is 18.3 Å². The Labute approximate surface area is 75.5 Å². The Morgan fingerprint density at radius 3 is 3.23 bits per heavy atom. The van der Waals surface area contributed by atoms with E-state index in [1.165, 1.54) is 0 Å². The molecule has 2 heterocycles. The molecule has 66 valence electrons. The van der Waals surface area contributed by atoms with E-state index in [0.717, 1.165) is 11.4 Å². The molecule has 1 aliphatic rings. The van der Waals surface area contributed by atoms with E-state index in [2.05, 4.69) is 10.3 Å². The van der Waals surface area contributed by atoms with Gasteiger partial charge in [-0.05, 0) is 12.1 Å². The summed E-state index contributed by atoms with van der Waals surface area (Å²) in [6, 6.07) is 3.60. The van der Waals surface area contributed by atoms with Gasteiger partial charge in [-0.25, -0.2) is 4.98 Å². The number of fused-ring (bicyclic) bond motifs is 1. The standard InChI is InChI=1S/C9H9N3O/c10-8(13)6-3-5-12-9-7(6)2-1-4-11-9/h1-4H,5H2,(H2,10,13)(H,11,12). The number of pyridine rings is 1. The number of hydrogen-bond acceptors (Lipinski definition) is 3. The van der Waals surface area contributed by atoms with E-state index in [0.29, 0.717) is 12.1 Å². The van der Waals surface area contributed by atoms with Gasteiger partial charge in [-0.3, -0.25) is 4.79 Å². The van der Waals surface area contributed by atoms with E-state index in [9.17, 15) is 4.79 Å². The maximum absolute atomic E-state index is 11.0. The summed E-state index contributed by atoms with van der Waals surface area (Å²) in [5.74, 6) is 0.314. The summed E-state index contributed by atoms with van der Waals surface area (Å²) in [5, 5.41) is 3.05. The van der Waals surface area contributed by atoms with Crippen molar-refractivity contribution in [2.24, 2.45) is 5.73 Å². The first-order valence-electron chi connectivity index (χ1n) is 3.98. The van der Waals surface area contributed by atoms with Crippen molar-refractivity contribution in [1.82, 2.24) is 4.98 Å². The number of carbonyl (C=O) groups is 1. The van der Waals surface area contributed by atoms with Crippen LogP contribution in [0.25, 0.3) is 5.57 Å². The molecule has 1 aliphatic heterocycles. The number of hydrogen-bond donors (Lipinski definition) is 2. The van der Waals surface area contributed by atoms with Crippen molar-refractivity contribution in [3.63, 3.8) is 0 Å². The number of anilines is 1. The van der Waals surface area contributed by atoms with Gasteiger partial charge in [-0.15, -0.1) is 0 Å². The average Bonchev–Trinajstić information content (AvgIpc) is 2.17. The summed E-state index contributed by atoms with van der Waals surface area (Å²) in [5.41, 5.74) is 6.54. The normalized spacial score (nSPS) is 14.0. The third kappa shape index (κ3) is 1.26. The molecule has 3 N–H and O–H groups in total. The number of carbonyl (C=O) groups excluding carboxylic acids is 1. The molecule has 1 aromatic heterocycles. The van der Waals surface area contributed by atoms with Gasteiger partial charge in [-0.1, -0.05) is 6.08 Å². The van der Waals surface area contributed by atoms with Crippen molar-refractivity contribution >= 4 is 17.3 Å². The summed E-state index contributed by atoms with van der Waals surface area (Å²) < 4.78 is 0. The monoisotopic (exact) mass is 175 g/mol. The fourth-order valence-electron chi connectivity index (χ4n) is 1.36. The maximum atomic E-state index is 11.0. The third-order valence-electron chi connectivity index (χ3n) is 1.94. The first-order valence-corrected chi connectivity index (χ1v) is 3.98. The van der Waals surface area contributed by atoms with Crippen LogP contribution in [0.2, 0.25) is 0 Å². The lowest BCUT2D eigenvalue weighted by Gasteiger charge is -2.15. The van der Waals surface area contributed by atoms with E-state index < -0.39 is 5.91 Å². The molecule has 0 aliphatic carbocycles. The van der Waals surface area contributed by atoms with Crippen LogP contribution in [0.5, 0.6) is 0 Å². The number of nitrogens with one attached hydrogen (secondary N) is 1. The Balaban J connectivity index is 2.53. The molecule has 0 bridgehead atoms. The fourth-order valence-corrected chi connectivity index (χ4v) is 1.36. The molecule has 0 radical (unpaired) electrons. The molecule has 2 rings (SSSR count). The van der Waals surface area contributed by atoms with Gasteiger partial charge in [-0.2, -0.15) is 0 Å². The Morgan fingerprint density at radius 2 is 2.46 bits per heavy atom. The molecule has 4 nitrogen and oxygen atoms in total. The number of amides is 1. The largest absolute Gasteiger partial charge is 0.366 e. The highest BCUT2D eigenvalue weighted by Crippen LogP contribution is 2.24. The lowest BCUT2D eigenvalue weighted by atomic mass is 10.0. The predicted octanol–water partition coefficient (Wildman–Crippen LogP) is 0.376. The van der Waals surface area contributed by atoms with Crippen LogP contribution in [0.15, 0.2) is 24.4 Å². The molecule has 1 amide bonds. The van der Waals surface area contributed by atoms with E-state index in [4.69, 9.17) is 5.73 Å². The van der Waals surface area contributed by atoms with Crippen LogP contribution in [0.1, 0.15) is 5.56 Å². The molecule has 4 heteroatoms. The van der Waals surface area contributed by atoms with Gasteiger partial charge in [0.1, 0.15) is 5.82 Å². The lowest BCUT2D eigenvalue weighted by molar-refractivity contribution is -0.112. The highest BCUT2D eigenvalue weighted by molar-refractivity contribution is 6.20. The van der Waals surface area contributed by atoms with Crippen molar-refractivity contribution < 1.29 is 4.79 Å². The zero-order valence-electron chi connectivity index (χ0n) is 6.95. The van der Waals surface area contributed by atoms with Crippen LogP contribution >= 0.6 is 0 Å². The van der Waals surface area contributed by atoms with Gasteiger partial charge < -0.3 is 11.1 Å². The second-order valence-electron chi connectivity index (χ2n) is 2.76. The van der Waals surface area contributed by atoms with Crippen molar-refractivity contribution in [3.05, 3.63) is 30.0 Å². The minimum absolute atomic E-state index is 0.407. The van der Waals surface area contributed by atoms with Crippen molar-refractivity contribution in [2.75, 3.05) is 11.9 Å². The topological polar surface area (TPSA) is 68.0 Å². The van der Waals surface area contributed by atoms with Crippen LogP contribution in [-0.4, -0.2) is 17.4 Å². The molecule has 0 saturated heterocycles. The predicted molar refractivity (Wildman–Crippen MR) is 49.9 cm³/mol. The Bertz CT molecular complexity index is 384. The molecule has 1 aromatic rings. The minimum Gasteiger partial charge on any atom is -0.366 e. The maximum Gasteiger partial charge on any atom is 0.249 e. The van der Waals surface area contributed by atoms with Gasteiger partial charge >= 0.3 is 0 Å². The first-order chi connectivity index (χ1) is 6.29. The summed E-state index contributed by atoms with van der Waals surface area (Å²) >= 11 is 0. The van der Waals surface area contributed by atoms with Gasteiger partial charge in [0.2, 0.25) is 5.91 Å². The van der Waals surface area contributed by atoms with Crippen molar-refractivity contribution in [3.8, 4) is 0 Å². The summed E-state index contributed by atoms with van der Waals surface area (Å²) in [6.07, 6.45) is 3.45. The molecule has 0 saturated carbocycles. The third-order valence-corrected chi connectivity index (χ3v) is 1.94. The molecule has 13 heavy (non-hydrogen) atoms. The SMILES string of the molecule is NC(=O)C1=CCNc2ncccc21. The number of rotatable bonds is 1. The molecule has 0 aromatic carbocycles. The molecule has 0 unspecified atom stereocenters. The zero-order valence-corrected chi connectivity index (χ0v) is 6.95. The van der Waals surface area contributed by atoms with Gasteiger partial charge in [0, 0.05) is 23.9 Å². The van der Waals surface area contributed by atoms with Crippen molar-refractivity contribution in [1.29, 1.82) is 0 Å². The summed E-state index contributed by atoms with van der Waals surface area (Å²) in [4.78, 5) is 15.1. The summed E-state index contributed by atoms with van der Waals surface area (Å²) in [7, 11) is 0. The highest BCUT2D eigenvalue weighted by atomic mass is 16.1. The first kappa shape index (κ1) is 7.79. The van der Waals surface area contributed by atoms with E-state index in [-0.39, 0.29) is 0 Å². The zero-order chi connectivity index (χ0) is 9.26. The fraction of sp³-hybridized carbons (Fsp3) is 0.111. The second-order valence-corrected chi connectivity index (χ2v) is 2.76.